The zero-order valence-electron chi connectivity index (χ0n) is 9.10. The van der Waals surface area contributed by atoms with Crippen molar-refractivity contribution in [2.75, 3.05) is 18.0 Å². The number of rotatable bonds is 2. The summed E-state index contributed by atoms with van der Waals surface area (Å²) >= 11 is 0.284. The minimum atomic E-state index is 0.284. The molecule has 1 aliphatic carbocycles. The van der Waals surface area contributed by atoms with Gasteiger partial charge in [0.05, 0.1) is 0 Å². The molecule has 1 saturated heterocycles. The molecule has 1 aromatic heterocycles. The van der Waals surface area contributed by atoms with Crippen LogP contribution in [0.5, 0.6) is 0 Å². The molecule has 2 atom stereocenters. The summed E-state index contributed by atoms with van der Waals surface area (Å²) in [7, 11) is 0. The fraction of sp³-hybridized carbons (Fsp3) is 0.500. The third-order valence-electron chi connectivity index (χ3n) is 3.67. The van der Waals surface area contributed by atoms with E-state index in [0.717, 1.165) is 17.8 Å². The topological polar surface area (TPSA) is 39.9 Å². The van der Waals surface area contributed by atoms with Crippen molar-refractivity contribution < 1.29 is 21.5 Å². The van der Waals surface area contributed by atoms with Crippen molar-refractivity contribution in [3.63, 3.8) is 0 Å². The van der Waals surface area contributed by atoms with Gasteiger partial charge in [0.15, 0.2) is 0 Å². The number of hydrogen-bond donors (Lipinski definition) is 0. The molecular formula is C12H13IN3-. The number of aromatic nitrogens is 1. The Hall–Kier alpha value is -0.670. The summed E-state index contributed by atoms with van der Waals surface area (Å²) in [5.74, 6) is 2.47. The van der Waals surface area contributed by atoms with E-state index in [4.69, 9.17) is 5.26 Å². The van der Waals surface area contributed by atoms with Gasteiger partial charge in [0, 0.05) is 0 Å². The van der Waals surface area contributed by atoms with Crippen LogP contribution in [-0.4, -0.2) is 26.1 Å². The molecule has 1 saturated carbocycles. The number of piperidine rings is 1. The van der Waals surface area contributed by atoms with Crippen LogP contribution in [0.1, 0.15) is 17.2 Å². The quantitative estimate of drug-likeness (QED) is 0.367. The maximum absolute atomic E-state index is 8.70. The molecular weight excluding hydrogens is 313 g/mol. The molecule has 3 nitrogen and oxygen atoms in total. The van der Waals surface area contributed by atoms with E-state index >= 15 is 0 Å². The summed E-state index contributed by atoms with van der Waals surface area (Å²) in [6.45, 7) is 2.58. The van der Waals surface area contributed by atoms with Gasteiger partial charge in [-0.05, 0) is 0 Å². The van der Waals surface area contributed by atoms with Gasteiger partial charge in [0.1, 0.15) is 0 Å². The van der Waals surface area contributed by atoms with Crippen LogP contribution >= 0.6 is 0 Å². The van der Waals surface area contributed by atoms with Crippen molar-refractivity contribution in [2.45, 2.75) is 5.92 Å². The number of nitriles is 1. The summed E-state index contributed by atoms with van der Waals surface area (Å²) in [5, 5.41) is 8.70. The predicted molar refractivity (Wildman–Crippen MR) is 56.2 cm³/mol. The molecule has 3 rings (SSSR count). The summed E-state index contributed by atoms with van der Waals surface area (Å²) in [5.41, 5.74) is 1.86. The number of fused-ring (bicyclic) bond motifs is 1. The first kappa shape index (κ1) is 10.5. The van der Waals surface area contributed by atoms with Crippen LogP contribution in [0, 0.1) is 23.2 Å². The molecule has 2 aliphatic rings. The molecule has 1 aliphatic heterocycles. The molecule has 0 aromatic carbocycles. The Morgan fingerprint density at radius 2 is 2.19 bits per heavy atom. The van der Waals surface area contributed by atoms with Gasteiger partial charge in [0.2, 0.25) is 0 Å². The molecule has 1 aromatic rings. The van der Waals surface area contributed by atoms with Gasteiger partial charge < -0.3 is 0 Å². The fourth-order valence-corrected chi connectivity index (χ4v) is 4.47. The second-order valence-corrected chi connectivity index (χ2v) is 6.77. The number of alkyl halides is 1. The van der Waals surface area contributed by atoms with Gasteiger partial charge in [-0.2, -0.15) is 0 Å². The molecule has 0 N–H and O–H groups in total. The van der Waals surface area contributed by atoms with Crippen LogP contribution in [0.25, 0.3) is 0 Å². The number of nitrogens with zero attached hydrogens (tertiary/aromatic N) is 3. The van der Waals surface area contributed by atoms with Gasteiger partial charge in [-0.15, -0.1) is 0 Å². The van der Waals surface area contributed by atoms with Gasteiger partial charge in [-0.25, -0.2) is 0 Å². The second-order valence-electron chi connectivity index (χ2n) is 4.44. The molecule has 4 heteroatoms. The average Bonchev–Trinajstić information content (AvgIpc) is 2.84. The van der Waals surface area contributed by atoms with E-state index in [9.17, 15) is 0 Å². The van der Waals surface area contributed by atoms with E-state index in [0.29, 0.717) is 5.69 Å². The van der Waals surface area contributed by atoms with Crippen LogP contribution in [-0.2, 0) is 0 Å². The van der Waals surface area contributed by atoms with Gasteiger partial charge in [-0.1, -0.05) is 0 Å². The van der Waals surface area contributed by atoms with Crippen molar-refractivity contribution >= 4 is 0 Å². The Bertz CT molecular complexity index is 425. The average molecular weight is 326 g/mol. The molecule has 0 bridgehead atoms. The fourth-order valence-electron chi connectivity index (χ4n) is 2.78. The summed E-state index contributed by atoms with van der Waals surface area (Å²) in [4.78, 5) is 6.49. The number of halogens is 1. The molecule has 84 valence electrons. The summed E-state index contributed by atoms with van der Waals surface area (Å²) in [6, 6.07) is 5.99. The Morgan fingerprint density at radius 3 is 2.69 bits per heavy atom. The van der Waals surface area contributed by atoms with Crippen molar-refractivity contribution in [1.29, 1.82) is 5.26 Å². The van der Waals surface area contributed by atoms with Crippen LogP contribution < -0.4 is 21.5 Å². The van der Waals surface area contributed by atoms with Crippen molar-refractivity contribution in [2.24, 2.45) is 11.8 Å². The second kappa shape index (κ2) is 3.97. The van der Waals surface area contributed by atoms with Crippen molar-refractivity contribution in [1.82, 2.24) is 8.10 Å². The first-order valence-electron chi connectivity index (χ1n) is 5.44. The number of hydrogen-bond acceptors (Lipinski definition) is 3. The van der Waals surface area contributed by atoms with E-state index in [1.807, 2.05) is 12.3 Å². The van der Waals surface area contributed by atoms with Gasteiger partial charge in [0.25, 0.3) is 0 Å². The van der Waals surface area contributed by atoms with Crippen LogP contribution in [0.4, 0.5) is 0 Å². The summed E-state index contributed by atoms with van der Waals surface area (Å²) in [6.07, 6.45) is 1.90. The normalized spacial score (nSPS) is 32.4. The van der Waals surface area contributed by atoms with Crippen LogP contribution in [0.15, 0.2) is 18.3 Å². The van der Waals surface area contributed by atoms with Crippen LogP contribution in [0.3, 0.4) is 0 Å². The van der Waals surface area contributed by atoms with Crippen LogP contribution in [0.2, 0.25) is 0 Å². The maximum atomic E-state index is 8.70. The van der Waals surface area contributed by atoms with E-state index in [1.54, 1.807) is 0 Å². The van der Waals surface area contributed by atoms with Gasteiger partial charge in [-0.3, -0.25) is 0 Å². The molecule has 0 spiro atoms. The first-order valence-corrected chi connectivity index (χ1v) is 8.56. The third kappa shape index (κ3) is 1.62. The zero-order valence-corrected chi connectivity index (χ0v) is 11.3. The molecule has 0 amide bonds. The third-order valence-corrected chi connectivity index (χ3v) is 5.83. The van der Waals surface area contributed by atoms with E-state index in [1.165, 1.54) is 18.7 Å². The Labute approximate surface area is 106 Å². The van der Waals surface area contributed by atoms with Gasteiger partial charge >= 0.3 is 106 Å². The molecule has 16 heavy (non-hydrogen) atoms. The van der Waals surface area contributed by atoms with E-state index < -0.39 is 0 Å². The monoisotopic (exact) mass is 326 g/mol. The minimum absolute atomic E-state index is 0.284. The van der Waals surface area contributed by atoms with E-state index in [2.05, 4.69) is 25.2 Å². The molecule has 0 radical (unpaired) electrons. The molecule has 2 unspecified atom stereocenters. The van der Waals surface area contributed by atoms with Crippen molar-refractivity contribution in [3.05, 3.63) is 29.6 Å². The predicted octanol–water partition coefficient (Wildman–Crippen LogP) is -1.77. The SMILES string of the molecule is C[I-]N1CC2C(C1)C2c1ccc(C#N)nc1. The Balaban J connectivity index is 1.71. The Morgan fingerprint density at radius 1 is 1.44 bits per heavy atom. The zero-order chi connectivity index (χ0) is 11.1. The molecule has 2 fully saturated rings. The molecule has 2 heterocycles. The summed E-state index contributed by atoms with van der Waals surface area (Å²) < 4.78 is 2.63. The Kier molecular flexibility index (Phi) is 2.60. The standard InChI is InChI=1S/C12H13IN3/c1-13-16-6-10-11(7-16)12(10)8-2-3-9(4-14)15-5-8/h2-3,5,10-12H,6-7H2,1H3/q-1. The van der Waals surface area contributed by atoms with Crippen molar-refractivity contribution in [3.8, 4) is 6.07 Å². The first-order chi connectivity index (χ1) is 7.83. The van der Waals surface area contributed by atoms with E-state index in [-0.39, 0.29) is 21.5 Å². The number of pyridine rings is 1.